The van der Waals surface area contributed by atoms with Gasteiger partial charge in [-0.3, -0.25) is 15.2 Å². The molecule has 0 saturated heterocycles. The molecule has 0 unspecified atom stereocenters. The Morgan fingerprint density at radius 2 is 1.80 bits per heavy atom. The van der Waals surface area contributed by atoms with Crippen LogP contribution in [0.5, 0.6) is 0 Å². The molecule has 0 radical (unpaired) electrons. The van der Waals surface area contributed by atoms with E-state index in [0.717, 1.165) is 86.6 Å². The molecule has 41 heavy (non-hydrogen) atoms. The first-order valence-electron chi connectivity index (χ1n) is 15.4. The predicted octanol–water partition coefficient (Wildman–Crippen LogP) is 7.44. The Hall–Kier alpha value is -3.48. The van der Waals surface area contributed by atoms with E-state index in [-0.39, 0.29) is 11.8 Å². The molecule has 2 aromatic rings. The van der Waals surface area contributed by atoms with Gasteiger partial charge in [0.2, 0.25) is 11.9 Å². The van der Waals surface area contributed by atoms with Crippen molar-refractivity contribution in [3.8, 4) is 0 Å². The van der Waals surface area contributed by atoms with Crippen molar-refractivity contribution in [1.82, 2.24) is 0 Å². The Balaban J connectivity index is 1.32. The van der Waals surface area contributed by atoms with Crippen LogP contribution in [0.25, 0.3) is 5.57 Å². The fourth-order valence-corrected chi connectivity index (χ4v) is 6.52. The highest BCUT2D eigenvalue weighted by Crippen LogP contribution is 2.39. The van der Waals surface area contributed by atoms with Crippen LogP contribution in [0.2, 0.25) is 0 Å². The maximum absolute atomic E-state index is 14.0. The van der Waals surface area contributed by atoms with E-state index < -0.39 is 5.97 Å². The van der Waals surface area contributed by atoms with Gasteiger partial charge in [0.05, 0.1) is 11.6 Å². The van der Waals surface area contributed by atoms with E-state index in [9.17, 15) is 9.18 Å². The molecule has 0 spiro atoms. The van der Waals surface area contributed by atoms with Crippen molar-refractivity contribution < 1.29 is 9.18 Å². The van der Waals surface area contributed by atoms with Crippen LogP contribution < -0.4 is 16.0 Å². The molecule has 0 bridgehead atoms. The van der Waals surface area contributed by atoms with Crippen molar-refractivity contribution in [2.75, 3.05) is 23.8 Å². The van der Waals surface area contributed by atoms with Crippen LogP contribution >= 0.6 is 0 Å². The zero-order chi connectivity index (χ0) is 28.8. The second kappa shape index (κ2) is 13.5. The zero-order valence-corrected chi connectivity index (χ0v) is 24.2. The first-order valence-corrected chi connectivity index (χ1v) is 15.4. The number of halogens is 1. The van der Waals surface area contributed by atoms with Crippen molar-refractivity contribution >= 4 is 35.0 Å². The molecule has 0 aliphatic heterocycles. The summed E-state index contributed by atoms with van der Waals surface area (Å²) in [7, 11) is 1.75. The van der Waals surface area contributed by atoms with E-state index in [2.05, 4.69) is 33.4 Å². The lowest BCUT2D eigenvalue weighted by Crippen LogP contribution is -2.41. The number of nitrogens with two attached hydrogens (primary N) is 1. The molecule has 3 aliphatic rings. The maximum Gasteiger partial charge on any atom is 0.230 e. The summed E-state index contributed by atoms with van der Waals surface area (Å²) in [6.07, 6.45) is 15.2. The SMILES string of the molecule is CNc1ccc(C2CCC(CN(C(=O)C3CCCCC3)c3cccc(C(C=NC4CC4)=CN)c3)CC2)cc1C(=N)F. The van der Waals surface area contributed by atoms with Crippen LogP contribution in [0.4, 0.5) is 15.8 Å². The maximum atomic E-state index is 14.0. The average Bonchev–Trinajstić information content (AvgIpc) is 3.85. The lowest BCUT2D eigenvalue weighted by molar-refractivity contribution is -0.123. The van der Waals surface area contributed by atoms with Gasteiger partial charge in [-0.25, -0.2) is 0 Å². The summed E-state index contributed by atoms with van der Waals surface area (Å²) in [5, 5.41) is 10.5. The number of amides is 1. The Morgan fingerprint density at radius 1 is 1.05 bits per heavy atom. The Kier molecular flexibility index (Phi) is 9.53. The first kappa shape index (κ1) is 29.0. The molecular formula is C34H44FN5O. The van der Waals surface area contributed by atoms with E-state index in [1.165, 1.54) is 6.42 Å². The summed E-state index contributed by atoms with van der Waals surface area (Å²) in [5.41, 5.74) is 10.9. The number of carbonyl (C=O) groups excluding carboxylic acids is 1. The lowest BCUT2D eigenvalue weighted by atomic mass is 9.78. The minimum atomic E-state index is -0.907. The standard InChI is InChI=1S/C34H44FN5O/c1-38-32-17-14-27(19-31(32)33(35)37)24-12-10-23(11-13-24)22-40(34(41)25-6-3-2-4-7-25)30-9-5-8-26(18-30)28(20-36)21-39-29-15-16-29/h5,8-9,14,17-21,23-25,29,37-38H,2-4,6-7,10-13,15-16,22,36H2,1H3. The minimum absolute atomic E-state index is 0.0878. The van der Waals surface area contributed by atoms with Crippen LogP contribution in [-0.2, 0) is 4.79 Å². The topological polar surface area (TPSA) is 94.6 Å². The van der Waals surface area contributed by atoms with Gasteiger partial charge in [0.1, 0.15) is 0 Å². The van der Waals surface area contributed by atoms with Gasteiger partial charge in [-0.15, -0.1) is 0 Å². The van der Waals surface area contributed by atoms with Crippen LogP contribution in [0.1, 0.15) is 93.2 Å². The number of rotatable bonds is 10. The molecule has 0 atom stereocenters. The normalized spacial score (nSPS) is 22.0. The second-order valence-electron chi connectivity index (χ2n) is 12.1. The number of hydrogen-bond acceptors (Lipinski definition) is 5. The van der Waals surface area contributed by atoms with Crippen molar-refractivity contribution in [1.29, 1.82) is 5.41 Å². The number of nitrogens with one attached hydrogen (secondary N) is 2. The number of aliphatic imine (C=N–C) groups is 1. The summed E-state index contributed by atoms with van der Waals surface area (Å²) in [5.74, 6) is 0.172. The minimum Gasteiger partial charge on any atom is -0.404 e. The number of hydrogen-bond donors (Lipinski definition) is 3. The lowest BCUT2D eigenvalue weighted by Gasteiger charge is -2.35. The molecule has 5 rings (SSSR count). The van der Waals surface area contributed by atoms with Gasteiger partial charge in [-0.2, -0.15) is 4.39 Å². The van der Waals surface area contributed by atoms with Gasteiger partial charge >= 0.3 is 0 Å². The summed E-state index contributed by atoms with van der Waals surface area (Å²) in [6, 6.07) is 14.4. The molecule has 6 nitrogen and oxygen atoms in total. The largest absolute Gasteiger partial charge is 0.404 e. The Bertz CT molecular complexity index is 1290. The van der Waals surface area contributed by atoms with Crippen molar-refractivity contribution in [2.45, 2.75) is 82.6 Å². The van der Waals surface area contributed by atoms with Crippen LogP contribution in [0.3, 0.4) is 0 Å². The third-order valence-corrected chi connectivity index (χ3v) is 9.17. The van der Waals surface area contributed by atoms with Gasteiger partial charge in [0.15, 0.2) is 0 Å². The Labute approximate surface area is 243 Å². The summed E-state index contributed by atoms with van der Waals surface area (Å²) in [6.45, 7) is 0.711. The molecule has 218 valence electrons. The second-order valence-corrected chi connectivity index (χ2v) is 12.1. The molecule has 1 amide bonds. The number of nitrogens with zero attached hydrogens (tertiary/aromatic N) is 2. The zero-order valence-electron chi connectivity index (χ0n) is 24.2. The number of benzene rings is 2. The van der Waals surface area contributed by atoms with E-state index in [1.54, 1.807) is 13.2 Å². The molecule has 3 aliphatic carbocycles. The summed E-state index contributed by atoms with van der Waals surface area (Å²) < 4.78 is 13.9. The number of allylic oxidation sites excluding steroid dienone is 1. The fourth-order valence-electron chi connectivity index (χ4n) is 6.52. The van der Waals surface area contributed by atoms with Crippen LogP contribution in [-0.4, -0.2) is 37.7 Å². The van der Waals surface area contributed by atoms with E-state index in [0.29, 0.717) is 35.7 Å². The van der Waals surface area contributed by atoms with E-state index in [1.807, 2.05) is 30.5 Å². The quantitative estimate of drug-likeness (QED) is 0.265. The predicted molar refractivity (Wildman–Crippen MR) is 168 cm³/mol. The molecule has 3 fully saturated rings. The average molecular weight is 558 g/mol. The highest BCUT2D eigenvalue weighted by atomic mass is 19.1. The molecular weight excluding hydrogens is 513 g/mol. The first-order chi connectivity index (χ1) is 20.0. The molecule has 3 saturated carbocycles. The fraction of sp³-hybridized carbons (Fsp3) is 0.500. The van der Waals surface area contributed by atoms with Gasteiger partial charge in [0.25, 0.3) is 0 Å². The van der Waals surface area contributed by atoms with Crippen LogP contribution in [0.15, 0.2) is 53.7 Å². The van der Waals surface area contributed by atoms with E-state index in [4.69, 9.17) is 11.1 Å². The molecule has 7 heteroatoms. The summed E-state index contributed by atoms with van der Waals surface area (Å²) >= 11 is 0. The van der Waals surface area contributed by atoms with Gasteiger partial charge < -0.3 is 16.0 Å². The van der Waals surface area contributed by atoms with Crippen LogP contribution in [0, 0.1) is 17.2 Å². The summed E-state index contributed by atoms with van der Waals surface area (Å²) in [4.78, 5) is 20.7. The third kappa shape index (κ3) is 7.24. The van der Waals surface area contributed by atoms with Gasteiger partial charge in [-0.05, 0) is 98.6 Å². The van der Waals surface area contributed by atoms with E-state index >= 15 is 0 Å². The third-order valence-electron chi connectivity index (χ3n) is 9.17. The van der Waals surface area contributed by atoms with Gasteiger partial charge in [0, 0.05) is 48.9 Å². The number of carbonyl (C=O) groups is 1. The highest BCUT2D eigenvalue weighted by molar-refractivity contribution is 6.10. The molecule has 0 aromatic heterocycles. The van der Waals surface area contributed by atoms with Crippen molar-refractivity contribution in [3.05, 3.63) is 65.4 Å². The number of anilines is 2. The molecule has 4 N–H and O–H groups in total. The monoisotopic (exact) mass is 557 g/mol. The highest BCUT2D eigenvalue weighted by Gasteiger charge is 2.31. The molecule has 2 aromatic carbocycles. The molecule has 0 heterocycles. The smallest absolute Gasteiger partial charge is 0.230 e. The Morgan fingerprint density at radius 3 is 2.46 bits per heavy atom. The van der Waals surface area contributed by atoms with Crippen molar-refractivity contribution in [3.63, 3.8) is 0 Å². The van der Waals surface area contributed by atoms with Crippen molar-refractivity contribution in [2.24, 2.45) is 22.6 Å². The van der Waals surface area contributed by atoms with Gasteiger partial charge in [-0.1, -0.05) is 37.5 Å².